The summed E-state index contributed by atoms with van der Waals surface area (Å²) in [6.45, 7) is 5.22. The van der Waals surface area contributed by atoms with Crippen LogP contribution >= 0.6 is 0 Å². The van der Waals surface area contributed by atoms with Gasteiger partial charge >= 0.3 is 11.9 Å². The molecule has 2 saturated heterocycles. The summed E-state index contributed by atoms with van der Waals surface area (Å²) in [5.74, 6) is -2.83. The number of rotatable bonds is 13. The Labute approximate surface area is 315 Å². The first-order valence-electron chi connectivity index (χ1n) is 18.6. The van der Waals surface area contributed by atoms with Gasteiger partial charge in [0.2, 0.25) is 11.8 Å². The van der Waals surface area contributed by atoms with Crippen molar-refractivity contribution < 1.29 is 53.1 Å². The second-order valence-corrected chi connectivity index (χ2v) is 15.2. The summed E-state index contributed by atoms with van der Waals surface area (Å²) in [4.78, 5) is 55.5. The lowest BCUT2D eigenvalue weighted by atomic mass is 9.91. The molecule has 2 amide bonds. The first-order chi connectivity index (χ1) is 25.9. The van der Waals surface area contributed by atoms with Crippen LogP contribution < -0.4 is 5.32 Å². The number of aliphatic hydroxyl groups is 2. The zero-order chi connectivity index (χ0) is 38.5. The molecule has 2 aromatic carbocycles. The van der Waals surface area contributed by atoms with Gasteiger partial charge in [0.15, 0.2) is 5.79 Å². The number of likely N-dealkylation sites (tertiary alicyclic amines) is 1. The van der Waals surface area contributed by atoms with Crippen LogP contribution in [-0.2, 0) is 50.9 Å². The van der Waals surface area contributed by atoms with E-state index in [1.165, 1.54) is 11.2 Å². The van der Waals surface area contributed by atoms with Crippen LogP contribution in [0.5, 0.6) is 0 Å². The number of hydrogen-bond acceptors (Lipinski definition) is 11. The molecule has 1 spiro atoms. The zero-order valence-electron chi connectivity index (χ0n) is 31.0. The quantitative estimate of drug-likeness (QED) is 0.156. The zero-order valence-corrected chi connectivity index (χ0v) is 31.0. The van der Waals surface area contributed by atoms with Gasteiger partial charge in [-0.25, -0.2) is 4.79 Å². The second-order valence-electron chi connectivity index (χ2n) is 15.2. The van der Waals surface area contributed by atoms with Gasteiger partial charge in [0.25, 0.3) is 0 Å². The number of nitrogens with zero attached hydrogens (tertiary/aromatic N) is 1. The number of hydrogen-bond donors (Lipinski definition) is 3. The lowest BCUT2D eigenvalue weighted by Crippen LogP contribution is -2.51. The summed E-state index contributed by atoms with van der Waals surface area (Å²) in [5.41, 5.74) is 2.73. The molecule has 4 aliphatic rings. The summed E-state index contributed by atoms with van der Waals surface area (Å²) in [6, 6.07) is 13.4. The summed E-state index contributed by atoms with van der Waals surface area (Å²) >= 11 is 0. The third-order valence-electron chi connectivity index (χ3n) is 9.98. The normalized spacial score (nSPS) is 23.4. The SMILES string of the molecule is CC(C)(C)OC(=O)CCC(CO)NC(=O)C1CCCN1C(=O)C1=CC2OC3(Cc4ccccc4C3)OC2C(OC(=O)c2ccccc2C=COCCO)C1. The monoisotopic (exact) mass is 746 g/mol. The standard InChI is InChI=1S/C41H50N2O11/c1-40(2,3)53-35(46)15-14-30(25-45)42-37(47)32-13-8-17-43(32)38(48)29-21-33(51-39(49)31-12-7-6-9-26(31)16-19-50-20-18-44)36-34(22-29)52-41(54-36)23-27-10-4-5-11-28(27)24-41/h4-7,9-12,16,19,22,30,32-34,36,44-45H,8,13-15,17-18,20-21,23-25H2,1-3H3,(H,42,47). The minimum atomic E-state index is -0.988. The van der Waals surface area contributed by atoms with Gasteiger partial charge in [-0.2, -0.15) is 0 Å². The van der Waals surface area contributed by atoms with Gasteiger partial charge in [-0.05, 0) is 74.9 Å². The van der Waals surface area contributed by atoms with Crippen LogP contribution in [-0.4, -0.2) is 107 Å². The van der Waals surface area contributed by atoms with Crippen molar-refractivity contribution in [3.63, 3.8) is 0 Å². The molecule has 2 aliphatic heterocycles. The Kier molecular flexibility index (Phi) is 12.2. The van der Waals surface area contributed by atoms with Crippen LogP contribution in [0.15, 0.2) is 66.4 Å². The maximum Gasteiger partial charge on any atom is 0.339 e. The smallest absolute Gasteiger partial charge is 0.339 e. The molecular formula is C41H50N2O11. The maximum atomic E-state index is 14.3. The van der Waals surface area contributed by atoms with Crippen molar-refractivity contribution in [2.75, 3.05) is 26.4 Å². The highest BCUT2D eigenvalue weighted by Gasteiger charge is 2.55. The first-order valence-corrected chi connectivity index (χ1v) is 18.6. The molecule has 3 N–H and O–H groups in total. The van der Waals surface area contributed by atoms with Gasteiger partial charge in [-0.3, -0.25) is 14.4 Å². The van der Waals surface area contributed by atoms with Gasteiger partial charge in [0.1, 0.15) is 36.6 Å². The van der Waals surface area contributed by atoms with Crippen molar-refractivity contribution >= 4 is 29.8 Å². The third-order valence-corrected chi connectivity index (χ3v) is 9.98. The molecule has 2 heterocycles. The second kappa shape index (κ2) is 16.8. The van der Waals surface area contributed by atoms with E-state index in [0.717, 1.165) is 11.1 Å². The van der Waals surface area contributed by atoms with E-state index >= 15 is 0 Å². The number of carbonyl (C=O) groups excluding carboxylic acids is 4. The number of amides is 2. The van der Waals surface area contributed by atoms with E-state index in [4.69, 9.17) is 28.8 Å². The molecule has 0 saturated carbocycles. The highest BCUT2D eigenvalue weighted by molar-refractivity contribution is 5.98. The van der Waals surface area contributed by atoms with Gasteiger partial charge in [-0.15, -0.1) is 0 Å². The van der Waals surface area contributed by atoms with E-state index in [0.29, 0.717) is 43.4 Å². The first kappa shape index (κ1) is 39.1. The molecule has 54 heavy (non-hydrogen) atoms. The summed E-state index contributed by atoms with van der Waals surface area (Å²) in [7, 11) is 0. The van der Waals surface area contributed by atoms with Gasteiger partial charge < -0.3 is 44.1 Å². The molecule has 5 unspecified atom stereocenters. The lowest BCUT2D eigenvalue weighted by Gasteiger charge is -2.33. The number of carbonyl (C=O) groups is 4. The molecule has 2 fully saturated rings. The number of nitrogens with one attached hydrogen (secondary N) is 1. The van der Waals surface area contributed by atoms with Crippen molar-refractivity contribution in [1.82, 2.24) is 10.2 Å². The van der Waals surface area contributed by atoms with Crippen molar-refractivity contribution in [3.05, 3.63) is 88.7 Å². The van der Waals surface area contributed by atoms with E-state index in [1.807, 2.05) is 24.3 Å². The molecule has 2 aliphatic carbocycles. The molecule has 0 radical (unpaired) electrons. The van der Waals surface area contributed by atoms with E-state index in [1.54, 1.807) is 57.2 Å². The summed E-state index contributed by atoms with van der Waals surface area (Å²) in [6.07, 6.45) is 4.73. The summed E-state index contributed by atoms with van der Waals surface area (Å²) in [5, 5.41) is 21.9. The number of aliphatic hydroxyl groups excluding tert-OH is 2. The Bertz CT molecular complexity index is 1740. The van der Waals surface area contributed by atoms with E-state index in [-0.39, 0.29) is 50.6 Å². The molecule has 290 valence electrons. The fraction of sp³-hybridized carbons (Fsp3) is 0.512. The van der Waals surface area contributed by atoms with Crippen LogP contribution in [0, 0.1) is 0 Å². The predicted octanol–water partition coefficient (Wildman–Crippen LogP) is 3.39. The number of esters is 2. The molecule has 13 nitrogen and oxygen atoms in total. The Morgan fingerprint density at radius 1 is 1.04 bits per heavy atom. The molecule has 5 atom stereocenters. The maximum absolute atomic E-state index is 14.3. The Morgan fingerprint density at radius 3 is 2.46 bits per heavy atom. The van der Waals surface area contributed by atoms with Crippen LogP contribution in [0.3, 0.4) is 0 Å². The van der Waals surface area contributed by atoms with Gasteiger partial charge in [-0.1, -0.05) is 42.5 Å². The number of fused-ring (bicyclic) bond motifs is 2. The van der Waals surface area contributed by atoms with E-state index in [2.05, 4.69) is 5.32 Å². The van der Waals surface area contributed by atoms with Crippen molar-refractivity contribution in [2.24, 2.45) is 0 Å². The fourth-order valence-electron chi connectivity index (χ4n) is 7.58. The minimum Gasteiger partial charge on any atom is -0.499 e. The fourth-order valence-corrected chi connectivity index (χ4v) is 7.58. The van der Waals surface area contributed by atoms with Crippen LogP contribution in [0.1, 0.15) is 79.9 Å². The largest absolute Gasteiger partial charge is 0.499 e. The Balaban J connectivity index is 1.19. The molecule has 13 heteroatoms. The van der Waals surface area contributed by atoms with Crippen LogP contribution in [0.4, 0.5) is 0 Å². The van der Waals surface area contributed by atoms with E-state index in [9.17, 15) is 24.3 Å². The highest BCUT2D eigenvalue weighted by Crippen LogP contribution is 2.45. The molecule has 6 rings (SSSR count). The molecule has 0 bridgehead atoms. The number of benzene rings is 2. The van der Waals surface area contributed by atoms with Crippen LogP contribution in [0.25, 0.3) is 6.08 Å². The Hall–Kier alpha value is -4.56. The third kappa shape index (κ3) is 9.20. The van der Waals surface area contributed by atoms with Gasteiger partial charge in [0, 0.05) is 37.8 Å². The highest BCUT2D eigenvalue weighted by atomic mass is 16.8. The van der Waals surface area contributed by atoms with E-state index < -0.39 is 59.6 Å². The molecule has 0 aromatic heterocycles. The lowest BCUT2D eigenvalue weighted by molar-refractivity contribution is -0.172. The van der Waals surface area contributed by atoms with Crippen molar-refractivity contribution in [3.8, 4) is 0 Å². The topological polar surface area (TPSA) is 170 Å². The van der Waals surface area contributed by atoms with Crippen molar-refractivity contribution in [2.45, 2.75) is 108 Å². The molecule has 2 aromatic rings. The van der Waals surface area contributed by atoms with Crippen LogP contribution in [0.2, 0.25) is 0 Å². The average molecular weight is 747 g/mol. The minimum absolute atomic E-state index is 0.0124. The number of ether oxygens (including phenoxy) is 5. The van der Waals surface area contributed by atoms with Gasteiger partial charge in [0.05, 0.1) is 31.1 Å². The Morgan fingerprint density at radius 2 is 1.76 bits per heavy atom. The molecular weight excluding hydrogens is 696 g/mol. The average Bonchev–Trinajstić information content (AvgIpc) is 3.87. The van der Waals surface area contributed by atoms with Crippen molar-refractivity contribution in [1.29, 1.82) is 0 Å². The summed E-state index contributed by atoms with van der Waals surface area (Å²) < 4.78 is 30.1. The predicted molar refractivity (Wildman–Crippen MR) is 196 cm³/mol.